The largest absolute Gasteiger partial charge is 0.345 e. The van der Waals surface area contributed by atoms with Crippen LogP contribution in [0.15, 0.2) is 48.7 Å². The molecule has 0 spiro atoms. The Kier molecular flexibility index (Phi) is 4.30. The van der Waals surface area contributed by atoms with Gasteiger partial charge in [-0.05, 0) is 29.8 Å². The summed E-state index contributed by atoms with van der Waals surface area (Å²) in [6.07, 6.45) is 3.01. The van der Waals surface area contributed by atoms with Crippen molar-refractivity contribution in [2.75, 3.05) is 6.26 Å². The van der Waals surface area contributed by atoms with Crippen molar-refractivity contribution >= 4 is 21.4 Å². The smallest absolute Gasteiger partial charge is 0.251 e. The minimum Gasteiger partial charge on any atom is -0.345 e. The number of aromatic nitrogens is 3. The predicted molar refractivity (Wildman–Crippen MR) is 89.1 cm³/mol. The fourth-order valence-electron chi connectivity index (χ4n) is 2.33. The average Bonchev–Trinajstić information content (AvgIpc) is 2.95. The van der Waals surface area contributed by atoms with Gasteiger partial charge < -0.3 is 5.32 Å². The summed E-state index contributed by atoms with van der Waals surface area (Å²) in [6, 6.07) is 12.1. The summed E-state index contributed by atoms with van der Waals surface area (Å²) >= 11 is 0. The number of carbonyl (C=O) groups excluding carboxylic acids is 1. The molecule has 0 atom stereocenters. The van der Waals surface area contributed by atoms with Gasteiger partial charge in [-0.15, -0.1) is 10.2 Å². The molecule has 24 heavy (non-hydrogen) atoms. The lowest BCUT2D eigenvalue weighted by atomic mass is 10.1. The first-order chi connectivity index (χ1) is 11.4. The second-order valence-electron chi connectivity index (χ2n) is 5.49. The second kappa shape index (κ2) is 6.40. The zero-order chi connectivity index (χ0) is 17.2. The quantitative estimate of drug-likeness (QED) is 0.751. The Morgan fingerprint density at radius 2 is 1.88 bits per heavy atom. The first-order valence-electron chi connectivity index (χ1n) is 7.26. The van der Waals surface area contributed by atoms with Crippen LogP contribution < -0.4 is 5.32 Å². The van der Waals surface area contributed by atoms with Gasteiger partial charge in [0.15, 0.2) is 21.3 Å². The number of hydrogen-bond donors (Lipinski definition) is 1. The minimum atomic E-state index is -3.09. The number of sulfone groups is 1. The van der Waals surface area contributed by atoms with Crippen LogP contribution in [0, 0.1) is 0 Å². The number of carbonyl (C=O) groups is 1. The first kappa shape index (κ1) is 16.1. The Bertz CT molecular complexity index is 978. The second-order valence-corrected chi connectivity index (χ2v) is 7.63. The molecule has 0 saturated heterocycles. The van der Waals surface area contributed by atoms with Gasteiger partial charge in [0.1, 0.15) is 0 Å². The summed E-state index contributed by atoms with van der Waals surface area (Å²) in [5.41, 5.74) is 1.82. The molecule has 0 saturated carbocycles. The van der Waals surface area contributed by atoms with Gasteiger partial charge in [-0.3, -0.25) is 9.20 Å². The molecule has 2 aromatic heterocycles. The van der Waals surface area contributed by atoms with E-state index in [-0.39, 0.29) is 18.2 Å². The maximum atomic E-state index is 12.2. The molecular formula is C16H16N4O3S. The van der Waals surface area contributed by atoms with Crippen molar-refractivity contribution in [3.63, 3.8) is 0 Å². The van der Waals surface area contributed by atoms with E-state index in [0.29, 0.717) is 22.6 Å². The molecule has 1 aromatic carbocycles. The van der Waals surface area contributed by atoms with E-state index in [0.717, 1.165) is 0 Å². The van der Waals surface area contributed by atoms with Crippen molar-refractivity contribution in [2.24, 2.45) is 0 Å². The number of rotatable bonds is 5. The molecule has 0 radical (unpaired) electrons. The lowest BCUT2D eigenvalue weighted by molar-refractivity contribution is 0.0950. The van der Waals surface area contributed by atoms with Gasteiger partial charge in [-0.2, -0.15) is 0 Å². The van der Waals surface area contributed by atoms with Gasteiger partial charge in [0, 0.05) is 18.0 Å². The van der Waals surface area contributed by atoms with E-state index in [1.807, 2.05) is 24.4 Å². The van der Waals surface area contributed by atoms with E-state index in [4.69, 9.17) is 0 Å². The molecule has 0 aliphatic heterocycles. The molecule has 124 valence electrons. The summed E-state index contributed by atoms with van der Waals surface area (Å²) in [6.45, 7) is 0.245. The van der Waals surface area contributed by atoms with Gasteiger partial charge in [0.05, 0.1) is 12.3 Å². The SMILES string of the molecule is CS(=O)(=O)Cc1ccc(C(=O)NCc2nnc3ccccn23)cc1. The van der Waals surface area contributed by atoms with Crippen LogP contribution in [0.4, 0.5) is 0 Å². The molecule has 1 N–H and O–H groups in total. The third-order valence-corrected chi connectivity index (χ3v) is 4.29. The number of nitrogens with one attached hydrogen (secondary N) is 1. The number of hydrogen-bond acceptors (Lipinski definition) is 5. The monoisotopic (exact) mass is 344 g/mol. The van der Waals surface area contributed by atoms with Crippen LogP contribution in [-0.4, -0.2) is 35.2 Å². The van der Waals surface area contributed by atoms with Crippen molar-refractivity contribution in [2.45, 2.75) is 12.3 Å². The molecule has 3 rings (SSSR count). The lowest BCUT2D eigenvalue weighted by Gasteiger charge is -2.05. The van der Waals surface area contributed by atoms with Crippen molar-refractivity contribution in [3.8, 4) is 0 Å². The molecule has 3 aromatic rings. The zero-order valence-electron chi connectivity index (χ0n) is 13.0. The standard InChI is InChI=1S/C16H16N4O3S/c1-24(22,23)11-12-5-7-13(8-6-12)16(21)17-10-15-19-18-14-4-2-3-9-20(14)15/h2-9H,10-11H2,1H3,(H,17,21). The van der Waals surface area contributed by atoms with Crippen LogP contribution in [0.3, 0.4) is 0 Å². The highest BCUT2D eigenvalue weighted by molar-refractivity contribution is 7.89. The molecular weight excluding hydrogens is 328 g/mol. The molecule has 2 heterocycles. The molecule has 0 fully saturated rings. The van der Waals surface area contributed by atoms with E-state index >= 15 is 0 Å². The van der Waals surface area contributed by atoms with E-state index in [2.05, 4.69) is 15.5 Å². The first-order valence-corrected chi connectivity index (χ1v) is 9.32. The Morgan fingerprint density at radius 1 is 1.12 bits per heavy atom. The Labute approximate surface area is 139 Å². The van der Waals surface area contributed by atoms with Crippen molar-refractivity contribution in [3.05, 3.63) is 65.6 Å². The highest BCUT2D eigenvalue weighted by Gasteiger charge is 2.10. The lowest BCUT2D eigenvalue weighted by Crippen LogP contribution is -2.24. The normalized spacial score (nSPS) is 11.5. The zero-order valence-corrected chi connectivity index (χ0v) is 13.8. The van der Waals surface area contributed by atoms with E-state index in [9.17, 15) is 13.2 Å². The van der Waals surface area contributed by atoms with Gasteiger partial charge in [-0.1, -0.05) is 18.2 Å². The van der Waals surface area contributed by atoms with Gasteiger partial charge in [0.2, 0.25) is 0 Å². The maximum absolute atomic E-state index is 12.2. The Hall–Kier alpha value is -2.74. The highest BCUT2D eigenvalue weighted by Crippen LogP contribution is 2.08. The van der Waals surface area contributed by atoms with Gasteiger partial charge >= 0.3 is 0 Å². The van der Waals surface area contributed by atoms with Crippen LogP contribution in [0.1, 0.15) is 21.7 Å². The van der Waals surface area contributed by atoms with E-state index in [1.54, 1.807) is 28.7 Å². The summed E-state index contributed by atoms with van der Waals surface area (Å²) in [5.74, 6) is 0.335. The van der Waals surface area contributed by atoms with Crippen LogP contribution in [-0.2, 0) is 22.1 Å². The van der Waals surface area contributed by atoms with Crippen LogP contribution in [0.25, 0.3) is 5.65 Å². The number of pyridine rings is 1. The van der Waals surface area contributed by atoms with Gasteiger partial charge in [-0.25, -0.2) is 8.42 Å². The van der Waals surface area contributed by atoms with Crippen LogP contribution in [0.5, 0.6) is 0 Å². The number of amides is 1. The summed E-state index contributed by atoms with van der Waals surface area (Å²) in [5, 5.41) is 10.8. The topological polar surface area (TPSA) is 93.4 Å². The molecule has 0 aliphatic rings. The molecule has 7 nitrogen and oxygen atoms in total. The summed E-state index contributed by atoms with van der Waals surface area (Å²) < 4.78 is 24.3. The van der Waals surface area contributed by atoms with Crippen LogP contribution in [0.2, 0.25) is 0 Å². The molecule has 0 bridgehead atoms. The number of benzene rings is 1. The predicted octanol–water partition coefficient (Wildman–Crippen LogP) is 1.20. The number of fused-ring (bicyclic) bond motifs is 1. The third-order valence-electron chi connectivity index (χ3n) is 3.44. The molecule has 0 unspecified atom stereocenters. The molecule has 1 amide bonds. The van der Waals surface area contributed by atoms with E-state index in [1.165, 1.54) is 6.26 Å². The number of nitrogens with zero attached hydrogens (tertiary/aromatic N) is 3. The minimum absolute atomic E-state index is 0.0410. The van der Waals surface area contributed by atoms with Crippen molar-refractivity contribution in [1.29, 1.82) is 0 Å². The van der Waals surface area contributed by atoms with E-state index < -0.39 is 9.84 Å². The third kappa shape index (κ3) is 3.77. The fraction of sp³-hybridized carbons (Fsp3) is 0.188. The van der Waals surface area contributed by atoms with Crippen molar-refractivity contribution in [1.82, 2.24) is 19.9 Å². The highest BCUT2D eigenvalue weighted by atomic mass is 32.2. The average molecular weight is 344 g/mol. The van der Waals surface area contributed by atoms with Crippen LogP contribution >= 0.6 is 0 Å². The van der Waals surface area contributed by atoms with Gasteiger partial charge in [0.25, 0.3) is 5.91 Å². The Morgan fingerprint density at radius 3 is 2.58 bits per heavy atom. The molecule has 8 heteroatoms. The van der Waals surface area contributed by atoms with Crippen molar-refractivity contribution < 1.29 is 13.2 Å². The maximum Gasteiger partial charge on any atom is 0.251 e. The molecule has 0 aliphatic carbocycles. The Balaban J connectivity index is 1.67. The summed E-state index contributed by atoms with van der Waals surface area (Å²) in [4.78, 5) is 12.2. The fourth-order valence-corrected chi connectivity index (χ4v) is 3.13. The summed E-state index contributed by atoms with van der Waals surface area (Å²) in [7, 11) is -3.09.